The lowest BCUT2D eigenvalue weighted by Crippen LogP contribution is -2.10. The van der Waals surface area contributed by atoms with E-state index in [2.05, 4.69) is 22.6 Å². The zero-order chi connectivity index (χ0) is 10.7. The smallest absolute Gasteiger partial charge is 0.180 e. The highest BCUT2D eigenvalue weighted by Crippen LogP contribution is 2.20. The van der Waals surface area contributed by atoms with Crippen LogP contribution in [0.4, 0.5) is 0 Å². The lowest BCUT2D eigenvalue weighted by atomic mass is 10.1. The Bertz CT molecular complexity index is 350. The van der Waals surface area contributed by atoms with Gasteiger partial charge in [0, 0.05) is 9.13 Å². The second kappa shape index (κ2) is 4.98. The number of halogens is 2. The van der Waals surface area contributed by atoms with Crippen LogP contribution >= 0.6 is 34.2 Å². The molecular formula is C10H10ClIO2. The number of ether oxygens (including phenoxy) is 1. The van der Waals surface area contributed by atoms with Gasteiger partial charge in [-0.05, 0) is 47.7 Å². The van der Waals surface area contributed by atoms with Crippen molar-refractivity contribution in [3.8, 4) is 5.75 Å². The van der Waals surface area contributed by atoms with Crippen LogP contribution in [-0.4, -0.2) is 18.3 Å². The number of benzene rings is 1. The first-order valence-electron chi connectivity index (χ1n) is 4.07. The fraction of sp³-hybridized carbons (Fsp3) is 0.300. The molecule has 0 heterocycles. The summed E-state index contributed by atoms with van der Waals surface area (Å²) < 4.78 is 6.03. The van der Waals surface area contributed by atoms with E-state index in [1.165, 1.54) is 0 Å². The van der Waals surface area contributed by atoms with Gasteiger partial charge in [-0.1, -0.05) is 0 Å². The Balaban J connectivity index is 3.09. The highest BCUT2D eigenvalue weighted by atomic mass is 127. The normalized spacial score (nSPS) is 12.3. The number of alkyl halides is 1. The summed E-state index contributed by atoms with van der Waals surface area (Å²) in [5.74, 6) is 0.598. The van der Waals surface area contributed by atoms with Crippen LogP contribution in [0.15, 0.2) is 18.2 Å². The molecule has 0 aliphatic heterocycles. The average molecular weight is 325 g/mol. The van der Waals surface area contributed by atoms with Crippen molar-refractivity contribution in [1.82, 2.24) is 0 Å². The lowest BCUT2D eigenvalue weighted by Gasteiger charge is -2.06. The summed E-state index contributed by atoms with van der Waals surface area (Å²) in [5.41, 5.74) is 0.594. The standard InChI is InChI=1S/C10H10ClIO2/c1-6(11)10(13)7-3-8(12)5-9(4-7)14-2/h3-6H,1-2H3. The van der Waals surface area contributed by atoms with Gasteiger partial charge in [0.25, 0.3) is 0 Å². The van der Waals surface area contributed by atoms with Crippen molar-refractivity contribution >= 4 is 40.0 Å². The number of rotatable bonds is 3. The Morgan fingerprint density at radius 2 is 2.14 bits per heavy atom. The topological polar surface area (TPSA) is 26.3 Å². The largest absolute Gasteiger partial charge is 0.497 e. The summed E-state index contributed by atoms with van der Waals surface area (Å²) in [6, 6.07) is 5.35. The number of carbonyl (C=O) groups is 1. The SMILES string of the molecule is COc1cc(I)cc(C(=O)C(C)Cl)c1. The van der Waals surface area contributed by atoms with Gasteiger partial charge >= 0.3 is 0 Å². The molecule has 1 aromatic rings. The minimum atomic E-state index is -0.502. The van der Waals surface area contributed by atoms with E-state index in [9.17, 15) is 4.79 Å². The van der Waals surface area contributed by atoms with Gasteiger partial charge in [-0.25, -0.2) is 0 Å². The molecule has 0 spiro atoms. The van der Waals surface area contributed by atoms with Crippen molar-refractivity contribution in [1.29, 1.82) is 0 Å². The third-order valence-electron chi connectivity index (χ3n) is 1.75. The van der Waals surface area contributed by atoms with E-state index >= 15 is 0 Å². The minimum absolute atomic E-state index is 0.0801. The molecule has 0 radical (unpaired) electrons. The maximum absolute atomic E-state index is 11.6. The molecule has 14 heavy (non-hydrogen) atoms. The molecule has 76 valence electrons. The molecule has 1 unspecified atom stereocenters. The van der Waals surface area contributed by atoms with Gasteiger partial charge < -0.3 is 4.74 Å². The fourth-order valence-electron chi connectivity index (χ4n) is 1.05. The second-order valence-electron chi connectivity index (χ2n) is 2.86. The van der Waals surface area contributed by atoms with Crippen LogP contribution in [0.1, 0.15) is 17.3 Å². The number of ketones is 1. The predicted molar refractivity (Wildman–Crippen MR) is 65.4 cm³/mol. The van der Waals surface area contributed by atoms with Crippen molar-refractivity contribution in [3.63, 3.8) is 0 Å². The number of hydrogen-bond donors (Lipinski definition) is 0. The highest BCUT2D eigenvalue weighted by Gasteiger charge is 2.13. The molecule has 1 aromatic carbocycles. The summed E-state index contributed by atoms with van der Waals surface area (Å²) >= 11 is 7.85. The molecule has 0 fully saturated rings. The fourth-order valence-corrected chi connectivity index (χ4v) is 1.82. The second-order valence-corrected chi connectivity index (χ2v) is 4.76. The first-order valence-corrected chi connectivity index (χ1v) is 5.59. The van der Waals surface area contributed by atoms with E-state index in [1.807, 2.05) is 6.07 Å². The van der Waals surface area contributed by atoms with Crippen LogP contribution < -0.4 is 4.74 Å². The summed E-state index contributed by atoms with van der Waals surface area (Å²) in [4.78, 5) is 11.6. The molecule has 0 N–H and O–H groups in total. The van der Waals surface area contributed by atoms with Crippen molar-refractivity contribution in [2.45, 2.75) is 12.3 Å². The van der Waals surface area contributed by atoms with Crippen LogP contribution in [0.3, 0.4) is 0 Å². The molecule has 0 bridgehead atoms. The maximum atomic E-state index is 11.6. The van der Waals surface area contributed by atoms with Crippen LogP contribution in [0.25, 0.3) is 0 Å². The van der Waals surface area contributed by atoms with Gasteiger partial charge in [0.05, 0.1) is 12.5 Å². The van der Waals surface area contributed by atoms with Gasteiger partial charge in [0.2, 0.25) is 0 Å². The molecule has 1 rings (SSSR count). The van der Waals surface area contributed by atoms with Crippen LogP contribution in [0, 0.1) is 3.57 Å². The van der Waals surface area contributed by atoms with Crippen LogP contribution in [0.2, 0.25) is 0 Å². The van der Waals surface area contributed by atoms with E-state index in [4.69, 9.17) is 16.3 Å². The third kappa shape index (κ3) is 2.85. The van der Waals surface area contributed by atoms with Crippen LogP contribution in [0.5, 0.6) is 5.75 Å². The van der Waals surface area contributed by atoms with E-state index in [1.54, 1.807) is 26.2 Å². The Kier molecular flexibility index (Phi) is 4.19. The molecule has 0 saturated heterocycles. The van der Waals surface area contributed by atoms with Gasteiger partial charge in [-0.15, -0.1) is 11.6 Å². The Hall–Kier alpha value is -0.290. The molecule has 0 aromatic heterocycles. The summed E-state index contributed by atoms with van der Waals surface area (Å²) in [5, 5.41) is -0.502. The summed E-state index contributed by atoms with van der Waals surface area (Å²) in [6.45, 7) is 1.66. The number of Topliss-reactive ketones (excluding diaryl/α,β-unsaturated/α-hetero) is 1. The first-order chi connectivity index (χ1) is 6.54. The van der Waals surface area contributed by atoms with Crippen molar-refractivity contribution in [2.24, 2.45) is 0 Å². The molecule has 4 heteroatoms. The van der Waals surface area contributed by atoms with E-state index in [0.717, 1.165) is 3.57 Å². The Morgan fingerprint density at radius 3 is 2.64 bits per heavy atom. The average Bonchev–Trinajstić information content (AvgIpc) is 2.15. The molecule has 0 aliphatic carbocycles. The molecule has 2 nitrogen and oxygen atoms in total. The first kappa shape index (κ1) is 11.8. The monoisotopic (exact) mass is 324 g/mol. The summed E-state index contributed by atoms with van der Waals surface area (Å²) in [6.07, 6.45) is 0. The van der Waals surface area contributed by atoms with Gasteiger partial charge in [-0.3, -0.25) is 4.79 Å². The highest BCUT2D eigenvalue weighted by molar-refractivity contribution is 14.1. The zero-order valence-electron chi connectivity index (χ0n) is 7.88. The van der Waals surface area contributed by atoms with Gasteiger partial charge in [0.15, 0.2) is 5.78 Å². The van der Waals surface area contributed by atoms with Crippen molar-refractivity contribution in [2.75, 3.05) is 7.11 Å². The summed E-state index contributed by atoms with van der Waals surface area (Å²) in [7, 11) is 1.57. The maximum Gasteiger partial charge on any atom is 0.180 e. The van der Waals surface area contributed by atoms with Crippen LogP contribution in [-0.2, 0) is 0 Å². The molecule has 0 aliphatic rings. The zero-order valence-corrected chi connectivity index (χ0v) is 10.8. The van der Waals surface area contributed by atoms with E-state index < -0.39 is 5.38 Å². The molecule has 1 atom stereocenters. The number of carbonyl (C=O) groups excluding carboxylic acids is 1. The third-order valence-corrected chi connectivity index (χ3v) is 2.57. The van der Waals surface area contributed by atoms with Crippen molar-refractivity contribution in [3.05, 3.63) is 27.3 Å². The van der Waals surface area contributed by atoms with Gasteiger partial charge in [0.1, 0.15) is 5.75 Å². The quantitative estimate of drug-likeness (QED) is 0.485. The Labute approximate surface area is 102 Å². The van der Waals surface area contributed by atoms with Gasteiger partial charge in [-0.2, -0.15) is 0 Å². The lowest BCUT2D eigenvalue weighted by molar-refractivity contribution is 0.0991. The number of hydrogen-bond acceptors (Lipinski definition) is 2. The number of methoxy groups -OCH3 is 1. The minimum Gasteiger partial charge on any atom is -0.497 e. The van der Waals surface area contributed by atoms with Crippen molar-refractivity contribution < 1.29 is 9.53 Å². The van der Waals surface area contributed by atoms with E-state index in [-0.39, 0.29) is 5.78 Å². The Morgan fingerprint density at radius 1 is 1.50 bits per heavy atom. The predicted octanol–water partition coefficient (Wildman–Crippen LogP) is 3.11. The molecule has 0 saturated carbocycles. The molecular weight excluding hydrogens is 314 g/mol. The molecule has 0 amide bonds. The van der Waals surface area contributed by atoms with E-state index in [0.29, 0.717) is 11.3 Å².